The van der Waals surface area contributed by atoms with E-state index in [1.54, 1.807) is 50.4 Å². The van der Waals surface area contributed by atoms with Gasteiger partial charge in [0, 0.05) is 6.54 Å². The van der Waals surface area contributed by atoms with E-state index in [9.17, 15) is 13.2 Å². The molecule has 2 aromatic carbocycles. The first-order valence-corrected chi connectivity index (χ1v) is 10.7. The molecule has 0 bridgehead atoms. The van der Waals surface area contributed by atoms with Crippen molar-refractivity contribution < 1.29 is 22.7 Å². The Kier molecular flexibility index (Phi) is 7.28. The van der Waals surface area contributed by atoms with Gasteiger partial charge in [0.1, 0.15) is 17.5 Å². The molecule has 0 fully saturated rings. The van der Waals surface area contributed by atoms with Crippen molar-refractivity contribution in [1.82, 2.24) is 5.32 Å². The summed E-state index contributed by atoms with van der Waals surface area (Å²) in [5.74, 6) is 0.966. The Bertz CT molecular complexity index is 880. The fourth-order valence-corrected chi connectivity index (χ4v) is 3.92. The molecule has 0 saturated carbocycles. The van der Waals surface area contributed by atoms with Crippen LogP contribution in [-0.4, -0.2) is 40.3 Å². The fourth-order valence-electron chi connectivity index (χ4n) is 2.75. The minimum absolute atomic E-state index is 0.286. The number of benzene rings is 2. The highest BCUT2D eigenvalue weighted by Crippen LogP contribution is 2.24. The molecule has 2 aromatic rings. The average molecular weight is 407 g/mol. The van der Waals surface area contributed by atoms with Crippen LogP contribution < -0.4 is 19.1 Å². The number of ether oxygens (including phenoxy) is 2. The molecule has 152 valence electrons. The first-order valence-electron chi connectivity index (χ1n) is 8.89. The number of hydrogen-bond donors (Lipinski definition) is 1. The second-order valence-corrected chi connectivity index (χ2v) is 8.09. The second-order valence-electron chi connectivity index (χ2n) is 6.23. The Labute approximate surface area is 166 Å². The zero-order valence-electron chi connectivity index (χ0n) is 16.5. The first kappa shape index (κ1) is 21.6. The van der Waals surface area contributed by atoms with Crippen LogP contribution in [0, 0.1) is 0 Å². The van der Waals surface area contributed by atoms with Gasteiger partial charge in [0.2, 0.25) is 15.9 Å². The summed E-state index contributed by atoms with van der Waals surface area (Å²) in [6.07, 6.45) is 1.08. The smallest absolute Gasteiger partial charge is 0.243 e. The first-order chi connectivity index (χ1) is 13.3. The maximum absolute atomic E-state index is 12.6. The standard InChI is InChI=1S/C20H26N2O5S/c1-5-27-19-12-8-17(9-13-19)22(28(4,24)25)15(2)20(23)21-14-16-6-10-18(26-3)11-7-16/h6-13,15H,5,14H2,1-4H3,(H,21,23)/t15-/m1/s1. The van der Waals surface area contributed by atoms with Crippen LogP contribution in [0.3, 0.4) is 0 Å². The van der Waals surface area contributed by atoms with Crippen LogP contribution in [0.15, 0.2) is 48.5 Å². The van der Waals surface area contributed by atoms with Gasteiger partial charge in [0.25, 0.3) is 0 Å². The van der Waals surface area contributed by atoms with Crippen LogP contribution in [0.1, 0.15) is 19.4 Å². The molecule has 0 heterocycles. The number of anilines is 1. The van der Waals surface area contributed by atoms with E-state index in [0.29, 0.717) is 18.0 Å². The summed E-state index contributed by atoms with van der Waals surface area (Å²) in [6.45, 7) is 4.22. The lowest BCUT2D eigenvalue weighted by atomic mass is 10.2. The molecule has 0 unspecified atom stereocenters. The molecule has 1 amide bonds. The third-order valence-corrected chi connectivity index (χ3v) is 5.36. The molecule has 1 atom stereocenters. The van der Waals surface area contributed by atoms with E-state index in [-0.39, 0.29) is 6.54 Å². The molecule has 0 spiro atoms. The number of hydrogen-bond acceptors (Lipinski definition) is 5. The van der Waals surface area contributed by atoms with Crippen LogP contribution in [0.4, 0.5) is 5.69 Å². The molecule has 1 N–H and O–H groups in total. The lowest BCUT2D eigenvalue weighted by Gasteiger charge is -2.28. The molecule has 2 rings (SSSR count). The summed E-state index contributed by atoms with van der Waals surface area (Å²) in [6, 6.07) is 13.0. The Morgan fingerprint density at radius 1 is 1.07 bits per heavy atom. The Morgan fingerprint density at radius 2 is 1.64 bits per heavy atom. The molecule has 0 radical (unpaired) electrons. The number of sulfonamides is 1. The number of nitrogens with zero attached hydrogens (tertiary/aromatic N) is 1. The van der Waals surface area contributed by atoms with Crippen molar-refractivity contribution in [3.05, 3.63) is 54.1 Å². The van der Waals surface area contributed by atoms with Gasteiger partial charge in [-0.05, 0) is 55.8 Å². The number of rotatable bonds is 9. The predicted octanol–water partition coefficient (Wildman–Crippen LogP) is 2.56. The number of carbonyl (C=O) groups excluding carboxylic acids is 1. The van der Waals surface area contributed by atoms with E-state index < -0.39 is 22.0 Å². The van der Waals surface area contributed by atoms with Crippen molar-refractivity contribution in [3.8, 4) is 11.5 Å². The van der Waals surface area contributed by atoms with E-state index in [4.69, 9.17) is 9.47 Å². The van der Waals surface area contributed by atoms with Gasteiger partial charge in [-0.1, -0.05) is 12.1 Å². The maximum atomic E-state index is 12.6. The summed E-state index contributed by atoms with van der Waals surface area (Å²) in [5.41, 5.74) is 1.28. The topological polar surface area (TPSA) is 84.9 Å². The quantitative estimate of drug-likeness (QED) is 0.692. The predicted molar refractivity (Wildman–Crippen MR) is 109 cm³/mol. The third kappa shape index (κ3) is 5.63. The molecule has 0 saturated heterocycles. The van der Waals surface area contributed by atoms with Crippen LogP contribution in [0.25, 0.3) is 0 Å². The summed E-state index contributed by atoms with van der Waals surface area (Å²) in [5, 5.41) is 2.78. The van der Waals surface area contributed by atoms with Crippen LogP contribution in [-0.2, 0) is 21.4 Å². The highest BCUT2D eigenvalue weighted by atomic mass is 32.2. The van der Waals surface area contributed by atoms with Crippen molar-refractivity contribution >= 4 is 21.6 Å². The SMILES string of the molecule is CCOc1ccc(N([C@H](C)C(=O)NCc2ccc(OC)cc2)S(C)(=O)=O)cc1. The summed E-state index contributed by atoms with van der Waals surface area (Å²) < 4.78 is 36.3. The average Bonchev–Trinajstić information content (AvgIpc) is 2.67. The molecule has 8 heteroatoms. The minimum Gasteiger partial charge on any atom is -0.497 e. The van der Waals surface area contributed by atoms with Crippen molar-refractivity contribution in [3.63, 3.8) is 0 Å². The summed E-state index contributed by atoms with van der Waals surface area (Å²) in [4.78, 5) is 12.6. The number of nitrogens with one attached hydrogen (secondary N) is 1. The van der Waals surface area contributed by atoms with Gasteiger partial charge in [0.15, 0.2) is 0 Å². The Balaban J connectivity index is 2.12. The van der Waals surface area contributed by atoms with Crippen molar-refractivity contribution in [2.45, 2.75) is 26.4 Å². The maximum Gasteiger partial charge on any atom is 0.243 e. The van der Waals surface area contributed by atoms with Crippen LogP contribution in [0.5, 0.6) is 11.5 Å². The summed E-state index contributed by atoms with van der Waals surface area (Å²) in [7, 11) is -2.08. The normalized spacial score (nSPS) is 12.1. The number of methoxy groups -OCH3 is 1. The molecule has 0 aromatic heterocycles. The van der Waals surface area contributed by atoms with Gasteiger partial charge in [-0.25, -0.2) is 8.42 Å². The van der Waals surface area contributed by atoms with Crippen molar-refractivity contribution in [2.24, 2.45) is 0 Å². The number of amides is 1. The van der Waals surface area contributed by atoms with Gasteiger partial charge in [0.05, 0.1) is 25.7 Å². The second kappa shape index (κ2) is 9.45. The van der Waals surface area contributed by atoms with E-state index in [0.717, 1.165) is 21.9 Å². The molecule has 0 aliphatic heterocycles. The highest BCUT2D eigenvalue weighted by molar-refractivity contribution is 7.92. The zero-order valence-corrected chi connectivity index (χ0v) is 17.3. The van der Waals surface area contributed by atoms with E-state index >= 15 is 0 Å². The van der Waals surface area contributed by atoms with Gasteiger partial charge in [-0.2, -0.15) is 0 Å². The molecule has 0 aliphatic carbocycles. The van der Waals surface area contributed by atoms with Crippen molar-refractivity contribution in [2.75, 3.05) is 24.3 Å². The molecular weight excluding hydrogens is 380 g/mol. The summed E-state index contributed by atoms with van der Waals surface area (Å²) >= 11 is 0. The number of carbonyl (C=O) groups is 1. The molecular formula is C20H26N2O5S. The lowest BCUT2D eigenvalue weighted by molar-refractivity contribution is -0.122. The Morgan fingerprint density at radius 3 is 2.14 bits per heavy atom. The molecule has 28 heavy (non-hydrogen) atoms. The van der Waals surface area contributed by atoms with Crippen LogP contribution >= 0.6 is 0 Å². The molecule has 7 nitrogen and oxygen atoms in total. The van der Waals surface area contributed by atoms with Crippen LogP contribution in [0.2, 0.25) is 0 Å². The van der Waals surface area contributed by atoms with Crippen molar-refractivity contribution in [1.29, 1.82) is 0 Å². The monoisotopic (exact) mass is 406 g/mol. The van der Waals surface area contributed by atoms with Gasteiger partial charge in [-0.3, -0.25) is 9.10 Å². The lowest BCUT2D eigenvalue weighted by Crippen LogP contribution is -2.47. The third-order valence-electron chi connectivity index (χ3n) is 4.12. The zero-order chi connectivity index (χ0) is 20.7. The Hall–Kier alpha value is -2.74. The van der Waals surface area contributed by atoms with Gasteiger partial charge < -0.3 is 14.8 Å². The minimum atomic E-state index is -3.66. The largest absolute Gasteiger partial charge is 0.497 e. The molecule has 0 aliphatic rings. The van der Waals surface area contributed by atoms with E-state index in [1.165, 1.54) is 0 Å². The van der Waals surface area contributed by atoms with E-state index in [2.05, 4.69) is 5.32 Å². The highest BCUT2D eigenvalue weighted by Gasteiger charge is 2.29. The van der Waals surface area contributed by atoms with Gasteiger partial charge >= 0.3 is 0 Å². The fraction of sp³-hybridized carbons (Fsp3) is 0.350. The van der Waals surface area contributed by atoms with Gasteiger partial charge in [-0.15, -0.1) is 0 Å². The van der Waals surface area contributed by atoms with E-state index in [1.807, 2.05) is 19.1 Å².